The normalized spacial score (nSPS) is 12.1. The first kappa shape index (κ1) is 19.1. The standard InChI is InChI=1S/C19H22F2N2OS/c1-13(2)12-17(14-6-4-3-5-7-14)23-19(25)22-15-8-10-16(11-9-15)24-18(20)21/h3-11,13,17-18H,12H2,1-2H3,(H2,22,23,25)/t17-/m0/s1. The highest BCUT2D eigenvalue weighted by Crippen LogP contribution is 2.22. The molecule has 2 N–H and O–H groups in total. The van der Waals surface area contributed by atoms with Crippen molar-refractivity contribution < 1.29 is 13.5 Å². The van der Waals surface area contributed by atoms with Gasteiger partial charge in [-0.2, -0.15) is 8.78 Å². The fourth-order valence-corrected chi connectivity index (χ4v) is 2.74. The van der Waals surface area contributed by atoms with Gasteiger partial charge in [0.2, 0.25) is 0 Å². The molecule has 0 bridgehead atoms. The lowest BCUT2D eigenvalue weighted by Gasteiger charge is -2.23. The van der Waals surface area contributed by atoms with E-state index in [4.69, 9.17) is 12.2 Å². The van der Waals surface area contributed by atoms with E-state index in [1.807, 2.05) is 18.2 Å². The average Bonchev–Trinajstić information content (AvgIpc) is 2.56. The highest BCUT2D eigenvalue weighted by atomic mass is 32.1. The van der Waals surface area contributed by atoms with Crippen LogP contribution in [0.5, 0.6) is 5.75 Å². The van der Waals surface area contributed by atoms with Crippen molar-refractivity contribution in [3.63, 3.8) is 0 Å². The van der Waals surface area contributed by atoms with Crippen molar-refractivity contribution in [2.45, 2.75) is 32.9 Å². The number of hydrogen-bond donors (Lipinski definition) is 2. The van der Waals surface area contributed by atoms with Crippen LogP contribution < -0.4 is 15.4 Å². The Kier molecular flexibility index (Phi) is 7.13. The van der Waals surface area contributed by atoms with E-state index >= 15 is 0 Å². The molecular weight excluding hydrogens is 342 g/mol. The number of halogens is 2. The van der Waals surface area contributed by atoms with Gasteiger partial charge in [-0.1, -0.05) is 44.2 Å². The third-order valence-electron chi connectivity index (χ3n) is 3.55. The molecule has 134 valence electrons. The van der Waals surface area contributed by atoms with Crippen LogP contribution in [0.2, 0.25) is 0 Å². The van der Waals surface area contributed by atoms with Gasteiger partial charge in [-0.15, -0.1) is 0 Å². The molecule has 0 spiro atoms. The van der Waals surface area contributed by atoms with Gasteiger partial charge in [0.1, 0.15) is 5.75 Å². The van der Waals surface area contributed by atoms with Crippen LogP contribution in [0.4, 0.5) is 14.5 Å². The molecule has 0 aromatic heterocycles. The van der Waals surface area contributed by atoms with Gasteiger partial charge in [0.25, 0.3) is 0 Å². The first-order chi connectivity index (χ1) is 11.9. The number of alkyl halides is 2. The Bertz CT molecular complexity index is 663. The van der Waals surface area contributed by atoms with Gasteiger partial charge < -0.3 is 15.4 Å². The van der Waals surface area contributed by atoms with Gasteiger partial charge in [-0.05, 0) is 54.4 Å². The van der Waals surface area contributed by atoms with E-state index in [-0.39, 0.29) is 11.8 Å². The number of hydrogen-bond acceptors (Lipinski definition) is 2. The van der Waals surface area contributed by atoms with Crippen molar-refractivity contribution in [2.24, 2.45) is 5.92 Å². The van der Waals surface area contributed by atoms with Crippen molar-refractivity contribution in [1.82, 2.24) is 5.32 Å². The topological polar surface area (TPSA) is 33.3 Å². The van der Waals surface area contributed by atoms with E-state index < -0.39 is 6.61 Å². The minimum absolute atomic E-state index is 0.0997. The van der Waals surface area contributed by atoms with Crippen molar-refractivity contribution in [3.8, 4) is 5.75 Å². The predicted octanol–water partition coefficient (Wildman–Crippen LogP) is 5.36. The van der Waals surface area contributed by atoms with Crippen molar-refractivity contribution in [1.29, 1.82) is 0 Å². The second-order valence-electron chi connectivity index (χ2n) is 6.09. The fraction of sp³-hybridized carbons (Fsp3) is 0.316. The molecule has 2 aromatic rings. The van der Waals surface area contributed by atoms with Gasteiger partial charge in [0.05, 0.1) is 6.04 Å². The fourth-order valence-electron chi connectivity index (χ4n) is 2.48. The molecule has 6 heteroatoms. The van der Waals surface area contributed by atoms with E-state index in [9.17, 15) is 8.78 Å². The zero-order chi connectivity index (χ0) is 18.2. The highest BCUT2D eigenvalue weighted by molar-refractivity contribution is 7.80. The maximum atomic E-state index is 12.2. The smallest absolute Gasteiger partial charge is 0.387 e. The number of nitrogens with one attached hydrogen (secondary N) is 2. The Morgan fingerprint density at radius 1 is 1.04 bits per heavy atom. The number of rotatable bonds is 7. The summed E-state index contributed by atoms with van der Waals surface area (Å²) in [4.78, 5) is 0. The zero-order valence-electron chi connectivity index (χ0n) is 14.2. The largest absolute Gasteiger partial charge is 0.435 e. The van der Waals surface area contributed by atoms with Gasteiger partial charge >= 0.3 is 6.61 Å². The van der Waals surface area contributed by atoms with Gasteiger partial charge in [-0.25, -0.2) is 0 Å². The highest BCUT2D eigenvalue weighted by Gasteiger charge is 2.14. The summed E-state index contributed by atoms with van der Waals surface area (Å²) in [5.74, 6) is 0.618. The molecule has 0 radical (unpaired) electrons. The third-order valence-corrected chi connectivity index (χ3v) is 3.77. The lowest BCUT2D eigenvalue weighted by Crippen LogP contribution is -2.33. The summed E-state index contributed by atoms with van der Waals surface area (Å²) in [6.07, 6.45) is 0.937. The number of ether oxygens (including phenoxy) is 1. The number of thiocarbonyl (C=S) groups is 1. The Balaban J connectivity index is 1.98. The van der Waals surface area contributed by atoms with Crippen molar-refractivity contribution in [3.05, 3.63) is 60.2 Å². The van der Waals surface area contributed by atoms with Crippen LogP contribution in [0.25, 0.3) is 0 Å². The lowest BCUT2D eigenvalue weighted by atomic mass is 9.97. The Morgan fingerprint density at radius 3 is 2.24 bits per heavy atom. The van der Waals surface area contributed by atoms with Crippen molar-refractivity contribution >= 4 is 23.0 Å². The minimum Gasteiger partial charge on any atom is -0.435 e. The summed E-state index contributed by atoms with van der Waals surface area (Å²) in [5.41, 5.74) is 1.87. The molecule has 3 nitrogen and oxygen atoms in total. The molecule has 0 aliphatic carbocycles. The van der Waals surface area contributed by atoms with E-state index in [2.05, 4.69) is 41.4 Å². The Labute approximate surface area is 152 Å². The Hall–Kier alpha value is -2.21. The molecule has 0 saturated heterocycles. The quantitative estimate of drug-likeness (QED) is 0.648. The van der Waals surface area contributed by atoms with Crippen LogP contribution in [0.1, 0.15) is 31.9 Å². The van der Waals surface area contributed by atoms with Gasteiger partial charge in [-0.3, -0.25) is 0 Å². The SMILES string of the molecule is CC(C)C[C@H](NC(=S)Nc1ccc(OC(F)F)cc1)c1ccccc1. The second-order valence-corrected chi connectivity index (χ2v) is 6.50. The molecule has 25 heavy (non-hydrogen) atoms. The molecule has 0 unspecified atom stereocenters. The summed E-state index contributed by atoms with van der Waals surface area (Å²) in [6.45, 7) is 1.50. The Morgan fingerprint density at radius 2 is 1.68 bits per heavy atom. The summed E-state index contributed by atoms with van der Waals surface area (Å²) in [6, 6.07) is 16.5. The molecule has 0 heterocycles. The molecule has 0 aliphatic rings. The van der Waals surface area contributed by atoms with Crippen LogP contribution >= 0.6 is 12.2 Å². The monoisotopic (exact) mass is 364 g/mol. The predicted molar refractivity (Wildman–Crippen MR) is 101 cm³/mol. The first-order valence-corrected chi connectivity index (χ1v) is 8.52. The second kappa shape index (κ2) is 9.32. The average molecular weight is 364 g/mol. The minimum atomic E-state index is -2.83. The van der Waals surface area contributed by atoms with Crippen molar-refractivity contribution in [2.75, 3.05) is 5.32 Å². The van der Waals surface area contributed by atoms with E-state index in [1.54, 1.807) is 12.1 Å². The van der Waals surface area contributed by atoms with E-state index in [0.717, 1.165) is 6.42 Å². The molecule has 0 amide bonds. The van der Waals surface area contributed by atoms with Crippen LogP contribution in [-0.4, -0.2) is 11.7 Å². The molecule has 0 fully saturated rings. The molecule has 2 rings (SSSR count). The van der Waals surface area contributed by atoms with Crippen LogP contribution in [0.15, 0.2) is 54.6 Å². The number of anilines is 1. The number of benzene rings is 2. The van der Waals surface area contributed by atoms with Gasteiger partial charge in [0.15, 0.2) is 5.11 Å². The zero-order valence-corrected chi connectivity index (χ0v) is 15.0. The third kappa shape index (κ3) is 6.66. The molecule has 0 saturated carbocycles. The molecule has 1 atom stereocenters. The van der Waals surface area contributed by atoms with Crippen LogP contribution in [0.3, 0.4) is 0 Å². The van der Waals surface area contributed by atoms with Gasteiger partial charge in [0, 0.05) is 5.69 Å². The van der Waals surface area contributed by atoms with E-state index in [1.165, 1.54) is 17.7 Å². The summed E-state index contributed by atoms with van der Waals surface area (Å²) in [7, 11) is 0. The molecule has 0 aliphatic heterocycles. The first-order valence-electron chi connectivity index (χ1n) is 8.11. The molecular formula is C19H22F2N2OS. The maximum absolute atomic E-state index is 12.2. The van der Waals surface area contributed by atoms with E-state index in [0.29, 0.717) is 16.7 Å². The molecule has 2 aromatic carbocycles. The van der Waals surface area contributed by atoms with Crippen LogP contribution in [0, 0.1) is 5.92 Å². The summed E-state index contributed by atoms with van der Waals surface area (Å²) < 4.78 is 28.7. The lowest BCUT2D eigenvalue weighted by molar-refractivity contribution is -0.0498. The van der Waals surface area contributed by atoms with Crippen LogP contribution in [-0.2, 0) is 0 Å². The maximum Gasteiger partial charge on any atom is 0.387 e. The summed E-state index contributed by atoms with van der Waals surface area (Å²) in [5, 5.41) is 6.89. The summed E-state index contributed by atoms with van der Waals surface area (Å²) >= 11 is 5.39.